The third-order valence-corrected chi connectivity index (χ3v) is 12.2. The zero-order valence-electron chi connectivity index (χ0n) is 34.9. The Morgan fingerprint density at radius 1 is 0.607 bits per heavy atom. The fraction of sp³-hybridized carbons (Fsp3) is 0.467. The molecule has 4 heterocycles. The Kier molecular flexibility index (Phi) is 11.3. The molecule has 2 aliphatic rings. The Bertz CT molecular complexity index is 2120. The van der Waals surface area contributed by atoms with Crippen LogP contribution in [0, 0.1) is 0 Å². The first kappa shape index (κ1) is 41.1. The van der Waals surface area contributed by atoms with Crippen molar-refractivity contribution < 1.29 is 10.2 Å². The summed E-state index contributed by atoms with van der Waals surface area (Å²) in [5.41, 5.74) is 3.02. The lowest BCUT2D eigenvalue weighted by molar-refractivity contribution is -0.0120. The quantitative estimate of drug-likeness (QED) is 0.154. The number of halogens is 1. The molecular weight excluding hydrogens is 720 g/mol. The van der Waals surface area contributed by atoms with Gasteiger partial charge in [0.15, 0.2) is 11.6 Å². The van der Waals surface area contributed by atoms with E-state index in [0.717, 1.165) is 48.1 Å². The van der Waals surface area contributed by atoms with Gasteiger partial charge in [0.1, 0.15) is 11.5 Å². The van der Waals surface area contributed by atoms with Crippen molar-refractivity contribution in [2.75, 3.05) is 30.9 Å². The van der Waals surface area contributed by atoms with Gasteiger partial charge < -0.3 is 25.3 Å². The number of piperidine rings is 2. The second-order valence-corrected chi connectivity index (χ2v) is 18.8. The highest BCUT2D eigenvalue weighted by molar-refractivity contribution is 6.30. The topological polar surface area (TPSA) is 114 Å². The molecule has 2 aromatic heterocycles. The van der Waals surface area contributed by atoms with Gasteiger partial charge in [-0.15, -0.1) is 20.4 Å². The molecule has 5 aromatic rings. The SMILES string of the molecule is CN(c1ccc(-c2cc3ccccc3cc2O)nn1)C1CC(C)(C)NC(C)(C)C1.CN(c1ccc(-c2ccc(Cl)cc2O)nn1)C1CC(C)(C)N(C)C(C)(C)C1. The molecule has 7 rings (SSSR count). The summed E-state index contributed by atoms with van der Waals surface area (Å²) in [5.74, 6) is 2.03. The molecule has 11 heteroatoms. The number of hydrogen-bond donors (Lipinski definition) is 3. The molecule has 0 aliphatic carbocycles. The third kappa shape index (κ3) is 9.03. The number of benzene rings is 3. The third-order valence-electron chi connectivity index (χ3n) is 11.9. The summed E-state index contributed by atoms with van der Waals surface area (Å²) in [6.07, 6.45) is 4.21. The van der Waals surface area contributed by atoms with Crippen molar-refractivity contribution in [1.82, 2.24) is 30.6 Å². The number of rotatable bonds is 6. The molecule has 0 spiro atoms. The van der Waals surface area contributed by atoms with Gasteiger partial charge in [-0.3, -0.25) is 4.90 Å². The van der Waals surface area contributed by atoms with Gasteiger partial charge in [0, 0.05) is 64.5 Å². The first-order valence-corrected chi connectivity index (χ1v) is 19.9. The summed E-state index contributed by atoms with van der Waals surface area (Å²) in [7, 11) is 6.40. The van der Waals surface area contributed by atoms with E-state index in [4.69, 9.17) is 11.6 Å². The Labute approximate surface area is 337 Å². The number of nitrogens with zero attached hydrogens (tertiary/aromatic N) is 7. The van der Waals surface area contributed by atoms with E-state index in [9.17, 15) is 10.2 Å². The highest BCUT2D eigenvalue weighted by atomic mass is 35.5. The van der Waals surface area contributed by atoms with Crippen molar-refractivity contribution >= 4 is 34.0 Å². The maximum atomic E-state index is 10.5. The van der Waals surface area contributed by atoms with Gasteiger partial charge in [-0.2, -0.15) is 0 Å². The molecule has 2 aliphatic heterocycles. The molecule has 2 saturated heterocycles. The first-order valence-electron chi connectivity index (χ1n) is 19.5. The maximum absolute atomic E-state index is 10.5. The Morgan fingerprint density at radius 3 is 1.55 bits per heavy atom. The van der Waals surface area contributed by atoms with E-state index in [0.29, 0.717) is 39.6 Å². The molecule has 3 aromatic carbocycles. The molecule has 0 bridgehead atoms. The van der Waals surface area contributed by atoms with Gasteiger partial charge in [-0.25, -0.2) is 0 Å². The van der Waals surface area contributed by atoms with Crippen LogP contribution in [0.2, 0.25) is 5.02 Å². The van der Waals surface area contributed by atoms with Crippen LogP contribution in [0.1, 0.15) is 81.1 Å². The number of phenolic OH excluding ortho intramolecular Hbond substituents is 2. The predicted octanol–water partition coefficient (Wildman–Crippen LogP) is 9.34. The van der Waals surface area contributed by atoms with Crippen molar-refractivity contribution in [2.45, 2.75) is 115 Å². The number of likely N-dealkylation sites (tertiary alicyclic amines) is 1. The summed E-state index contributed by atoms with van der Waals surface area (Å²) in [6.45, 7) is 18.2. The standard InChI is InChI=1S/C24H30N4O.C21H29ClN4O/c1-23(2)14-18(15-24(3,4)27-23)28(5)22-11-10-20(25-26-22)19-12-16-8-6-7-9-17(16)13-21(19)29;1-20(2)12-15(13-21(3,4)26(20)6)25(5)19-10-9-17(23-24-19)16-8-7-14(22)11-18(16)27/h6-13,18,27,29H,14-15H2,1-5H3;7-11,15,27H,12-13H2,1-6H3. The van der Waals surface area contributed by atoms with Crippen LogP contribution >= 0.6 is 11.6 Å². The lowest BCUT2D eigenvalue weighted by Gasteiger charge is -2.55. The number of anilines is 2. The number of fused-ring (bicyclic) bond motifs is 1. The second kappa shape index (κ2) is 15.4. The van der Waals surface area contributed by atoms with Crippen molar-refractivity contribution in [3.05, 3.63) is 83.9 Å². The Hall–Kier alpha value is -4.51. The fourth-order valence-electron chi connectivity index (χ4n) is 8.98. The summed E-state index contributed by atoms with van der Waals surface area (Å²) in [4.78, 5) is 6.94. The smallest absolute Gasteiger partial charge is 0.151 e. The van der Waals surface area contributed by atoms with E-state index < -0.39 is 0 Å². The minimum atomic E-state index is 0.0743. The molecule has 0 amide bonds. The molecule has 56 heavy (non-hydrogen) atoms. The van der Waals surface area contributed by atoms with Gasteiger partial charge in [-0.1, -0.05) is 35.9 Å². The van der Waals surface area contributed by atoms with Crippen molar-refractivity contribution in [3.8, 4) is 34.0 Å². The predicted molar refractivity (Wildman–Crippen MR) is 231 cm³/mol. The maximum Gasteiger partial charge on any atom is 0.151 e. The lowest BCUT2D eigenvalue weighted by Crippen LogP contribution is -2.62. The molecule has 0 atom stereocenters. The highest BCUT2D eigenvalue weighted by Crippen LogP contribution is 2.40. The summed E-state index contributed by atoms with van der Waals surface area (Å²) >= 11 is 5.91. The van der Waals surface area contributed by atoms with Crippen molar-refractivity contribution in [2.24, 2.45) is 0 Å². The van der Waals surface area contributed by atoms with E-state index in [1.54, 1.807) is 18.2 Å². The summed E-state index contributed by atoms with van der Waals surface area (Å²) < 4.78 is 0. The average Bonchev–Trinajstić information content (AvgIpc) is 3.12. The van der Waals surface area contributed by atoms with Gasteiger partial charge >= 0.3 is 0 Å². The number of phenols is 2. The molecule has 3 N–H and O–H groups in total. The number of aromatic hydroxyl groups is 2. The molecule has 0 saturated carbocycles. The number of nitrogens with one attached hydrogen (secondary N) is 1. The monoisotopic (exact) mass is 778 g/mol. The molecule has 2 fully saturated rings. The molecule has 298 valence electrons. The minimum absolute atomic E-state index is 0.0743. The number of hydrogen-bond acceptors (Lipinski definition) is 10. The largest absolute Gasteiger partial charge is 0.507 e. The molecule has 0 radical (unpaired) electrons. The minimum Gasteiger partial charge on any atom is -0.507 e. The van der Waals surface area contributed by atoms with E-state index >= 15 is 0 Å². The van der Waals surface area contributed by atoms with Crippen molar-refractivity contribution in [1.29, 1.82) is 0 Å². The normalized spacial score (nSPS) is 19.2. The van der Waals surface area contributed by atoms with E-state index in [-0.39, 0.29) is 33.7 Å². The highest BCUT2D eigenvalue weighted by Gasteiger charge is 2.44. The molecular formula is C45H59ClN8O2. The van der Waals surface area contributed by atoms with E-state index in [2.05, 4.69) is 117 Å². The van der Waals surface area contributed by atoms with Crippen LogP contribution in [0.25, 0.3) is 33.3 Å². The fourth-order valence-corrected chi connectivity index (χ4v) is 9.14. The van der Waals surface area contributed by atoms with Crippen LogP contribution in [0.3, 0.4) is 0 Å². The van der Waals surface area contributed by atoms with E-state index in [1.165, 1.54) is 6.07 Å². The van der Waals surface area contributed by atoms with Crippen LogP contribution in [0.5, 0.6) is 11.5 Å². The summed E-state index contributed by atoms with van der Waals surface area (Å²) in [6, 6.07) is 25.3. The van der Waals surface area contributed by atoms with Crippen LogP contribution in [-0.2, 0) is 0 Å². The zero-order valence-corrected chi connectivity index (χ0v) is 35.6. The van der Waals surface area contributed by atoms with Gasteiger partial charge in [-0.05, 0) is 153 Å². The van der Waals surface area contributed by atoms with Crippen LogP contribution in [0.4, 0.5) is 11.6 Å². The van der Waals surface area contributed by atoms with Crippen LogP contribution < -0.4 is 15.1 Å². The summed E-state index contributed by atoms with van der Waals surface area (Å²) in [5, 5.41) is 44.6. The van der Waals surface area contributed by atoms with Gasteiger partial charge in [0.25, 0.3) is 0 Å². The molecule has 10 nitrogen and oxygen atoms in total. The lowest BCUT2D eigenvalue weighted by atomic mass is 9.77. The van der Waals surface area contributed by atoms with Crippen LogP contribution in [-0.4, -0.2) is 90.9 Å². The average molecular weight is 779 g/mol. The van der Waals surface area contributed by atoms with Gasteiger partial charge in [0.05, 0.1) is 11.4 Å². The first-order chi connectivity index (χ1) is 26.1. The number of aromatic nitrogens is 4. The Balaban J connectivity index is 0.000000190. The van der Waals surface area contributed by atoms with E-state index in [1.807, 2.05) is 54.6 Å². The van der Waals surface area contributed by atoms with Crippen LogP contribution in [0.15, 0.2) is 78.9 Å². The van der Waals surface area contributed by atoms with Crippen molar-refractivity contribution in [3.63, 3.8) is 0 Å². The second-order valence-electron chi connectivity index (χ2n) is 18.4. The van der Waals surface area contributed by atoms with Gasteiger partial charge in [0.2, 0.25) is 0 Å². The molecule has 0 unspecified atom stereocenters. The zero-order chi connectivity index (χ0) is 40.8. The Morgan fingerprint density at radius 2 is 1.07 bits per heavy atom.